The van der Waals surface area contributed by atoms with E-state index in [0.717, 1.165) is 32.0 Å². The number of carboxylic acids is 1. The van der Waals surface area contributed by atoms with Gasteiger partial charge >= 0.3 is 5.97 Å². The highest BCUT2D eigenvalue weighted by molar-refractivity contribution is 6.08. The van der Waals surface area contributed by atoms with E-state index < -0.39 is 11.5 Å². The maximum absolute atomic E-state index is 11.5. The molecule has 0 heterocycles. The lowest BCUT2D eigenvalue weighted by Gasteiger charge is -2.45. The molecule has 0 aromatic rings. The normalized spacial score (nSPS) is 28.1. The van der Waals surface area contributed by atoms with Crippen LogP contribution in [0.5, 0.6) is 0 Å². The van der Waals surface area contributed by atoms with Crippen LogP contribution in [0.15, 0.2) is 0 Å². The minimum atomic E-state index is -0.745. The number of unbranched alkanes of at least 4 members (excludes halogenated alkanes) is 1. The SMILES string of the molecule is BCCCCC(NC)(C(=O)O)[C@H]1C[C@@H](N)C1. The summed E-state index contributed by atoms with van der Waals surface area (Å²) < 4.78 is 0. The summed E-state index contributed by atoms with van der Waals surface area (Å²) in [5.74, 6) is -0.523. The average Bonchev–Trinajstić information content (AvgIpc) is 2.21. The highest BCUT2D eigenvalue weighted by Crippen LogP contribution is 2.38. The van der Waals surface area contributed by atoms with E-state index in [-0.39, 0.29) is 12.0 Å². The van der Waals surface area contributed by atoms with Crippen LogP contribution in [0.1, 0.15) is 32.1 Å². The maximum Gasteiger partial charge on any atom is 0.324 e. The Hall–Kier alpha value is -0.545. The molecule has 16 heavy (non-hydrogen) atoms. The summed E-state index contributed by atoms with van der Waals surface area (Å²) in [5, 5.41) is 12.5. The topological polar surface area (TPSA) is 75.3 Å². The number of carboxylic acid groups (broad SMARTS) is 1. The second kappa shape index (κ2) is 5.68. The maximum atomic E-state index is 11.5. The number of rotatable bonds is 7. The van der Waals surface area contributed by atoms with E-state index in [2.05, 4.69) is 13.2 Å². The first kappa shape index (κ1) is 13.5. The van der Waals surface area contributed by atoms with E-state index in [1.165, 1.54) is 0 Å². The highest BCUT2D eigenvalue weighted by Gasteiger charge is 2.48. The molecule has 0 amide bonds. The first-order valence-corrected chi connectivity index (χ1v) is 6.24. The van der Waals surface area contributed by atoms with Crippen LogP contribution in [0, 0.1) is 5.92 Å². The van der Waals surface area contributed by atoms with Crippen LogP contribution in [0.3, 0.4) is 0 Å². The summed E-state index contributed by atoms with van der Waals surface area (Å²) in [4.78, 5) is 11.5. The van der Waals surface area contributed by atoms with E-state index in [4.69, 9.17) is 5.73 Å². The van der Waals surface area contributed by atoms with Crippen LogP contribution < -0.4 is 11.1 Å². The lowest BCUT2D eigenvalue weighted by molar-refractivity contribution is -0.149. The van der Waals surface area contributed by atoms with Gasteiger partial charge in [-0.3, -0.25) is 4.79 Å². The predicted molar refractivity (Wildman–Crippen MR) is 67.3 cm³/mol. The molecule has 0 bridgehead atoms. The van der Waals surface area contributed by atoms with Crippen molar-refractivity contribution in [2.24, 2.45) is 11.7 Å². The van der Waals surface area contributed by atoms with Gasteiger partial charge in [0.15, 0.2) is 0 Å². The molecule has 1 fully saturated rings. The number of nitrogens with two attached hydrogens (primary N) is 1. The van der Waals surface area contributed by atoms with Crippen LogP contribution in [0.4, 0.5) is 0 Å². The van der Waals surface area contributed by atoms with Crippen LogP contribution in [-0.2, 0) is 4.79 Å². The smallest absolute Gasteiger partial charge is 0.324 e. The molecule has 0 spiro atoms. The van der Waals surface area contributed by atoms with Gasteiger partial charge in [0.1, 0.15) is 13.4 Å². The molecule has 1 saturated carbocycles. The van der Waals surface area contributed by atoms with Gasteiger partial charge in [0.2, 0.25) is 0 Å². The fraction of sp³-hybridized carbons (Fsp3) is 0.909. The van der Waals surface area contributed by atoms with Crippen LogP contribution >= 0.6 is 0 Å². The molecule has 4 nitrogen and oxygen atoms in total. The predicted octanol–water partition coefficient (Wildman–Crippen LogP) is -0.0118. The number of carbonyl (C=O) groups is 1. The lowest BCUT2D eigenvalue weighted by atomic mass is 9.66. The third kappa shape index (κ3) is 2.58. The van der Waals surface area contributed by atoms with Crippen molar-refractivity contribution in [2.45, 2.75) is 50.0 Å². The van der Waals surface area contributed by atoms with Gasteiger partial charge in [0.05, 0.1) is 0 Å². The molecular formula is C11H23BN2O2. The molecule has 0 radical (unpaired) electrons. The zero-order valence-electron chi connectivity index (χ0n) is 10.3. The summed E-state index contributed by atoms with van der Waals surface area (Å²) in [6, 6.07) is 0.197. The van der Waals surface area contributed by atoms with Crippen molar-refractivity contribution in [2.75, 3.05) is 7.05 Å². The molecule has 92 valence electrons. The highest BCUT2D eigenvalue weighted by atomic mass is 16.4. The Balaban J connectivity index is 2.63. The average molecular weight is 226 g/mol. The summed E-state index contributed by atoms with van der Waals surface area (Å²) in [5.41, 5.74) is 5.01. The first-order valence-electron chi connectivity index (χ1n) is 6.24. The van der Waals surface area contributed by atoms with Crippen molar-refractivity contribution in [3.63, 3.8) is 0 Å². The van der Waals surface area contributed by atoms with Gasteiger partial charge in [-0.25, -0.2) is 0 Å². The second-order valence-corrected chi connectivity index (χ2v) is 4.91. The number of hydrogen-bond donors (Lipinski definition) is 3. The van der Waals surface area contributed by atoms with E-state index >= 15 is 0 Å². The summed E-state index contributed by atoms with van der Waals surface area (Å²) in [6.07, 6.45) is 5.55. The quantitative estimate of drug-likeness (QED) is 0.421. The fourth-order valence-corrected chi connectivity index (χ4v) is 2.64. The van der Waals surface area contributed by atoms with Crippen molar-refractivity contribution >= 4 is 13.8 Å². The molecule has 1 atom stereocenters. The minimum absolute atomic E-state index is 0.196. The third-order valence-electron chi connectivity index (χ3n) is 3.87. The van der Waals surface area contributed by atoms with Crippen molar-refractivity contribution in [3.8, 4) is 0 Å². The summed E-state index contributed by atoms with van der Waals surface area (Å²) in [7, 11) is 3.88. The van der Waals surface area contributed by atoms with E-state index in [1.54, 1.807) is 7.05 Å². The van der Waals surface area contributed by atoms with E-state index in [1.807, 2.05) is 0 Å². The van der Waals surface area contributed by atoms with E-state index in [9.17, 15) is 9.90 Å². The zero-order valence-corrected chi connectivity index (χ0v) is 10.3. The van der Waals surface area contributed by atoms with Gasteiger partial charge in [0.25, 0.3) is 0 Å². The lowest BCUT2D eigenvalue weighted by Crippen LogP contribution is -2.61. The molecule has 0 aromatic heterocycles. The van der Waals surface area contributed by atoms with E-state index in [0.29, 0.717) is 6.42 Å². The standard InChI is InChI=1S/C11H23BN2O2/c1-14-11(10(15)16,4-2-3-5-12)8-6-9(13)7-8/h8-9,14H,2-7,12-13H2,1H3,(H,15,16)/t8-,9+,11?. The number of nitrogens with one attached hydrogen (secondary N) is 1. The molecule has 1 aliphatic rings. The zero-order chi connectivity index (χ0) is 12.2. The van der Waals surface area contributed by atoms with Crippen LogP contribution in [-0.4, -0.2) is 37.6 Å². The molecular weight excluding hydrogens is 203 g/mol. The fourth-order valence-electron chi connectivity index (χ4n) is 2.64. The Bertz CT molecular complexity index is 244. The van der Waals surface area contributed by atoms with Gasteiger partial charge in [-0.1, -0.05) is 19.2 Å². The minimum Gasteiger partial charge on any atom is -0.480 e. The number of hydrogen-bond acceptors (Lipinski definition) is 3. The van der Waals surface area contributed by atoms with Crippen LogP contribution in [0.2, 0.25) is 6.32 Å². The van der Waals surface area contributed by atoms with Crippen LogP contribution in [0.25, 0.3) is 0 Å². The summed E-state index contributed by atoms with van der Waals surface area (Å²) in [6.45, 7) is 0. The Kier molecular flexibility index (Phi) is 4.80. The second-order valence-electron chi connectivity index (χ2n) is 4.91. The summed E-state index contributed by atoms with van der Waals surface area (Å²) >= 11 is 0. The Labute approximate surface area is 98.4 Å². The monoisotopic (exact) mass is 226 g/mol. The molecule has 1 rings (SSSR count). The molecule has 1 aliphatic carbocycles. The molecule has 0 saturated heterocycles. The van der Waals surface area contributed by atoms with Gasteiger partial charge in [-0.05, 0) is 32.2 Å². The molecule has 4 N–H and O–H groups in total. The van der Waals surface area contributed by atoms with Crippen molar-refractivity contribution < 1.29 is 9.90 Å². The van der Waals surface area contributed by atoms with Crippen molar-refractivity contribution in [3.05, 3.63) is 0 Å². The Morgan fingerprint density at radius 2 is 2.19 bits per heavy atom. The number of likely N-dealkylation sites (N-methyl/N-ethyl adjacent to an activating group) is 1. The molecule has 1 unspecified atom stereocenters. The van der Waals surface area contributed by atoms with Gasteiger partial charge < -0.3 is 16.2 Å². The van der Waals surface area contributed by atoms with Gasteiger partial charge in [-0.15, -0.1) is 0 Å². The van der Waals surface area contributed by atoms with Crippen molar-refractivity contribution in [1.29, 1.82) is 0 Å². The largest absolute Gasteiger partial charge is 0.480 e. The molecule has 5 heteroatoms. The van der Waals surface area contributed by atoms with Gasteiger partial charge in [0, 0.05) is 6.04 Å². The first-order chi connectivity index (χ1) is 7.56. The third-order valence-corrected chi connectivity index (χ3v) is 3.87. The number of aliphatic carboxylic acids is 1. The Morgan fingerprint density at radius 3 is 2.56 bits per heavy atom. The molecule has 0 aromatic carbocycles. The van der Waals surface area contributed by atoms with Gasteiger partial charge in [-0.2, -0.15) is 0 Å². The van der Waals surface area contributed by atoms with Crippen molar-refractivity contribution in [1.82, 2.24) is 5.32 Å². The molecule has 0 aliphatic heterocycles. The Morgan fingerprint density at radius 1 is 1.56 bits per heavy atom.